The number of anilines is 1. The van der Waals surface area contributed by atoms with Gasteiger partial charge in [0.2, 0.25) is 0 Å². The molecule has 0 aliphatic rings. The molecular formula is C13H17BrN4O2S. The molecule has 2 aromatic heterocycles. The lowest BCUT2D eigenvalue weighted by atomic mass is 10.4. The zero-order valence-corrected chi connectivity index (χ0v) is 14.0. The minimum absolute atomic E-state index is 0.195. The van der Waals surface area contributed by atoms with Gasteiger partial charge in [-0.15, -0.1) is 0 Å². The van der Waals surface area contributed by atoms with Crippen LogP contribution in [0.4, 0.5) is 5.82 Å². The largest absolute Gasteiger partial charge is 0.363 e. The van der Waals surface area contributed by atoms with Gasteiger partial charge in [-0.25, -0.2) is 13.4 Å². The number of aromatic amines is 1. The smallest absolute Gasteiger partial charge is 0.264 e. The predicted molar refractivity (Wildman–Crippen MR) is 85.5 cm³/mol. The summed E-state index contributed by atoms with van der Waals surface area (Å²) in [6.45, 7) is 3.58. The van der Waals surface area contributed by atoms with Crippen molar-refractivity contribution in [1.29, 1.82) is 0 Å². The van der Waals surface area contributed by atoms with Crippen LogP contribution in [0.3, 0.4) is 0 Å². The minimum Gasteiger partial charge on any atom is -0.363 e. The summed E-state index contributed by atoms with van der Waals surface area (Å²) in [5.74, 6) is 0.282. The fraction of sp³-hybridized carbons (Fsp3) is 0.308. The molecule has 0 aromatic carbocycles. The molecule has 21 heavy (non-hydrogen) atoms. The van der Waals surface area contributed by atoms with E-state index >= 15 is 0 Å². The number of nitrogens with one attached hydrogen (secondary N) is 3. The summed E-state index contributed by atoms with van der Waals surface area (Å²) in [4.78, 5) is 7.15. The molecule has 2 heterocycles. The first-order chi connectivity index (χ1) is 10.0. The summed E-state index contributed by atoms with van der Waals surface area (Å²) >= 11 is 3.25. The highest BCUT2D eigenvalue weighted by Crippen LogP contribution is 2.17. The number of sulfonamides is 1. The van der Waals surface area contributed by atoms with E-state index < -0.39 is 10.0 Å². The molecule has 0 spiro atoms. The number of hydrogen-bond acceptors (Lipinski definition) is 4. The Labute approximate surface area is 132 Å². The molecule has 0 bridgehead atoms. The van der Waals surface area contributed by atoms with E-state index in [9.17, 15) is 8.42 Å². The third-order valence-electron chi connectivity index (χ3n) is 2.74. The quantitative estimate of drug-likeness (QED) is 0.651. The van der Waals surface area contributed by atoms with Gasteiger partial charge in [-0.3, -0.25) is 4.72 Å². The highest BCUT2D eigenvalue weighted by Gasteiger charge is 2.16. The van der Waals surface area contributed by atoms with Crippen LogP contribution in [-0.4, -0.2) is 24.9 Å². The highest BCUT2D eigenvalue weighted by molar-refractivity contribution is 9.10. The van der Waals surface area contributed by atoms with E-state index in [1.54, 1.807) is 18.2 Å². The Morgan fingerprint density at radius 2 is 2.19 bits per heavy atom. The molecule has 3 N–H and O–H groups in total. The normalized spacial score (nSPS) is 11.5. The summed E-state index contributed by atoms with van der Waals surface area (Å²) in [6.07, 6.45) is 4.04. The lowest BCUT2D eigenvalue weighted by Crippen LogP contribution is -2.14. The average Bonchev–Trinajstić information content (AvgIpc) is 2.91. The lowest BCUT2D eigenvalue weighted by molar-refractivity contribution is 0.601. The molecule has 0 radical (unpaired) electrons. The van der Waals surface area contributed by atoms with E-state index in [0.29, 0.717) is 6.54 Å². The minimum atomic E-state index is -3.62. The third-order valence-corrected chi connectivity index (χ3v) is 4.54. The Morgan fingerprint density at radius 3 is 2.86 bits per heavy atom. The molecule has 0 saturated heterocycles. The molecule has 0 fully saturated rings. The number of halogens is 1. The second-order valence-corrected chi connectivity index (χ2v) is 7.10. The maximum Gasteiger partial charge on any atom is 0.264 e. The fourth-order valence-corrected chi connectivity index (χ4v) is 2.97. The zero-order chi connectivity index (χ0) is 15.3. The Kier molecular flexibility index (Phi) is 5.38. The molecule has 0 atom stereocenters. The number of pyridine rings is 1. The molecule has 0 aliphatic carbocycles. The third kappa shape index (κ3) is 4.55. The fourth-order valence-electron chi connectivity index (χ4n) is 1.71. The SMILES string of the molecule is CCCNCc1cc(S(=O)(=O)Nc2ccc(Br)cn2)c[nH]1. The molecule has 2 aromatic rings. The van der Waals surface area contributed by atoms with E-state index in [2.05, 4.69) is 42.9 Å². The maximum absolute atomic E-state index is 12.2. The maximum atomic E-state index is 12.2. The van der Waals surface area contributed by atoms with Crippen LogP contribution >= 0.6 is 15.9 Å². The van der Waals surface area contributed by atoms with E-state index in [1.807, 2.05) is 0 Å². The van der Waals surface area contributed by atoms with Gasteiger partial charge in [-0.1, -0.05) is 6.92 Å². The van der Waals surface area contributed by atoms with Crippen molar-refractivity contribution in [2.45, 2.75) is 24.8 Å². The molecule has 0 unspecified atom stereocenters. The van der Waals surface area contributed by atoms with Gasteiger partial charge >= 0.3 is 0 Å². The van der Waals surface area contributed by atoms with Crippen LogP contribution in [-0.2, 0) is 16.6 Å². The first kappa shape index (κ1) is 16.0. The van der Waals surface area contributed by atoms with Gasteiger partial charge in [-0.2, -0.15) is 0 Å². The summed E-state index contributed by atoms with van der Waals surface area (Å²) in [6, 6.07) is 4.93. The molecule has 6 nitrogen and oxygen atoms in total. The zero-order valence-electron chi connectivity index (χ0n) is 11.6. The van der Waals surface area contributed by atoms with Gasteiger partial charge in [0.1, 0.15) is 10.7 Å². The van der Waals surface area contributed by atoms with Crippen molar-refractivity contribution >= 4 is 31.8 Å². The molecule has 2 rings (SSSR count). The topological polar surface area (TPSA) is 86.9 Å². The van der Waals surface area contributed by atoms with Gasteiger partial charge in [0.05, 0.1) is 0 Å². The van der Waals surface area contributed by atoms with Crippen LogP contribution in [0.5, 0.6) is 0 Å². The van der Waals surface area contributed by atoms with Crippen LogP contribution in [0.1, 0.15) is 19.0 Å². The van der Waals surface area contributed by atoms with Crippen molar-refractivity contribution in [1.82, 2.24) is 15.3 Å². The number of H-pyrrole nitrogens is 1. The summed E-state index contributed by atoms with van der Waals surface area (Å²) in [5.41, 5.74) is 0.826. The van der Waals surface area contributed by atoms with Gasteiger partial charge < -0.3 is 10.3 Å². The Morgan fingerprint density at radius 1 is 1.38 bits per heavy atom. The van der Waals surface area contributed by atoms with Gasteiger partial charge in [-0.05, 0) is 47.1 Å². The standard InChI is InChI=1S/C13H17BrN4O2S/c1-2-5-15-8-11-6-12(9-16-11)21(19,20)18-13-4-3-10(14)7-17-13/h3-4,6-7,9,15-16H,2,5,8H2,1H3,(H,17,18). The van der Waals surface area contributed by atoms with Crippen LogP contribution in [0.15, 0.2) is 40.0 Å². The summed E-state index contributed by atoms with van der Waals surface area (Å²) in [7, 11) is -3.62. The van der Waals surface area contributed by atoms with E-state index in [4.69, 9.17) is 0 Å². The number of aromatic nitrogens is 2. The van der Waals surface area contributed by atoms with Crippen molar-refractivity contribution in [3.63, 3.8) is 0 Å². The van der Waals surface area contributed by atoms with Crippen molar-refractivity contribution in [3.05, 3.63) is 40.8 Å². The van der Waals surface area contributed by atoms with Gasteiger partial charge in [0.15, 0.2) is 0 Å². The van der Waals surface area contributed by atoms with Gasteiger partial charge in [0.25, 0.3) is 10.0 Å². The first-order valence-corrected chi connectivity index (χ1v) is 8.81. The molecule has 114 valence electrons. The van der Waals surface area contributed by atoms with E-state index in [-0.39, 0.29) is 10.7 Å². The van der Waals surface area contributed by atoms with Crippen LogP contribution in [0.25, 0.3) is 0 Å². The summed E-state index contributed by atoms with van der Waals surface area (Å²) < 4.78 is 27.7. The summed E-state index contributed by atoms with van der Waals surface area (Å²) in [5, 5.41) is 3.21. The Hall–Kier alpha value is -1.38. The first-order valence-electron chi connectivity index (χ1n) is 6.53. The second kappa shape index (κ2) is 7.06. The molecule has 8 heteroatoms. The lowest BCUT2D eigenvalue weighted by Gasteiger charge is -2.05. The second-order valence-electron chi connectivity index (χ2n) is 4.50. The van der Waals surface area contributed by atoms with Crippen LogP contribution in [0, 0.1) is 0 Å². The Bertz CT molecular complexity index is 682. The van der Waals surface area contributed by atoms with Crippen LogP contribution < -0.4 is 10.0 Å². The molecular weight excluding hydrogens is 356 g/mol. The van der Waals surface area contributed by atoms with Crippen LogP contribution in [0.2, 0.25) is 0 Å². The molecule has 0 saturated carbocycles. The monoisotopic (exact) mass is 372 g/mol. The molecule has 0 aliphatic heterocycles. The van der Waals surface area contributed by atoms with E-state index in [0.717, 1.165) is 23.1 Å². The highest BCUT2D eigenvalue weighted by atomic mass is 79.9. The Balaban J connectivity index is 2.07. The van der Waals surface area contributed by atoms with Crippen molar-refractivity contribution in [2.24, 2.45) is 0 Å². The average molecular weight is 373 g/mol. The molecule has 0 amide bonds. The van der Waals surface area contributed by atoms with E-state index in [1.165, 1.54) is 12.4 Å². The number of rotatable bonds is 7. The van der Waals surface area contributed by atoms with Crippen molar-refractivity contribution < 1.29 is 8.42 Å². The van der Waals surface area contributed by atoms with Crippen molar-refractivity contribution in [2.75, 3.05) is 11.3 Å². The number of hydrogen-bond donors (Lipinski definition) is 3. The number of nitrogens with zero attached hydrogens (tertiary/aromatic N) is 1. The van der Waals surface area contributed by atoms with Crippen molar-refractivity contribution in [3.8, 4) is 0 Å². The predicted octanol–water partition coefficient (Wildman–Crippen LogP) is 2.47. The van der Waals surface area contributed by atoms with Gasteiger partial charge in [0, 0.05) is 29.1 Å².